The molecule has 1 aromatic rings. The molecule has 4 nitrogen and oxygen atoms in total. The van der Waals surface area contributed by atoms with Gasteiger partial charge in [-0.05, 0) is 18.0 Å². The van der Waals surface area contributed by atoms with E-state index in [0.29, 0.717) is 5.56 Å². The second kappa shape index (κ2) is 4.15. The molecule has 0 bridgehead atoms. The third-order valence-electron chi connectivity index (χ3n) is 2.29. The van der Waals surface area contributed by atoms with Crippen molar-refractivity contribution in [2.75, 3.05) is 0 Å². The molecule has 0 amide bonds. The Kier molecular flexibility index (Phi) is 3.12. The molecule has 15 heavy (non-hydrogen) atoms. The number of ketones is 1. The predicted molar refractivity (Wildman–Crippen MR) is 58.6 cm³/mol. The van der Waals surface area contributed by atoms with Crippen LogP contribution in [0.15, 0.2) is 29.4 Å². The number of benzene rings is 1. The highest BCUT2D eigenvalue weighted by Crippen LogP contribution is 2.25. The number of hydrogen-bond acceptors (Lipinski definition) is 2. The van der Waals surface area contributed by atoms with Gasteiger partial charge >= 0.3 is 0 Å². The van der Waals surface area contributed by atoms with Crippen molar-refractivity contribution in [3.05, 3.63) is 45.8 Å². The van der Waals surface area contributed by atoms with Crippen LogP contribution in [0.3, 0.4) is 0 Å². The fraction of sp³-hybridized carbons (Fsp3) is 0.364. The third-order valence-corrected chi connectivity index (χ3v) is 2.29. The lowest BCUT2D eigenvalue weighted by Gasteiger charge is -2.18. The topological polar surface area (TPSA) is 65.8 Å². The van der Waals surface area contributed by atoms with Gasteiger partial charge < -0.3 is 0 Å². The average Bonchev–Trinajstić information content (AvgIpc) is 2.18. The lowest BCUT2D eigenvalue weighted by molar-refractivity contribution is 0.101. The van der Waals surface area contributed by atoms with Gasteiger partial charge in [0.05, 0.1) is 5.54 Å². The molecule has 0 fully saturated rings. The first-order valence-electron chi connectivity index (χ1n) is 4.65. The highest BCUT2D eigenvalue weighted by Gasteiger charge is 2.18. The van der Waals surface area contributed by atoms with Crippen molar-refractivity contribution < 1.29 is 4.79 Å². The maximum atomic E-state index is 11.1. The first-order valence-corrected chi connectivity index (χ1v) is 4.65. The Morgan fingerprint density at radius 1 is 1.33 bits per heavy atom. The van der Waals surface area contributed by atoms with Crippen LogP contribution in [0.2, 0.25) is 0 Å². The quantitative estimate of drug-likeness (QED) is 0.321. The van der Waals surface area contributed by atoms with Crippen LogP contribution in [0.1, 0.15) is 36.7 Å². The van der Waals surface area contributed by atoms with E-state index >= 15 is 0 Å². The molecule has 0 unspecified atom stereocenters. The number of rotatable bonds is 3. The van der Waals surface area contributed by atoms with E-state index in [1.807, 2.05) is 26.0 Å². The van der Waals surface area contributed by atoms with Gasteiger partial charge in [-0.3, -0.25) is 4.79 Å². The molecule has 0 aliphatic carbocycles. The predicted octanol–water partition coefficient (Wildman–Crippen LogP) is 3.43. The van der Waals surface area contributed by atoms with Gasteiger partial charge in [0, 0.05) is 10.5 Å². The van der Waals surface area contributed by atoms with E-state index in [1.54, 1.807) is 12.1 Å². The first-order chi connectivity index (χ1) is 6.97. The van der Waals surface area contributed by atoms with E-state index in [-0.39, 0.29) is 5.78 Å². The van der Waals surface area contributed by atoms with Crippen molar-refractivity contribution >= 4 is 5.78 Å². The molecule has 1 rings (SSSR count). The average molecular weight is 203 g/mol. The number of Topliss-reactive ketones (excluding diaryl/α,β-unsaturated/α-hetero) is 1. The summed E-state index contributed by atoms with van der Waals surface area (Å²) in [5, 5.41) is 3.70. The summed E-state index contributed by atoms with van der Waals surface area (Å²) in [6, 6.07) is 7.11. The molecule has 0 aromatic heterocycles. The van der Waals surface area contributed by atoms with Crippen molar-refractivity contribution in [3.8, 4) is 0 Å². The molecule has 0 aliphatic rings. The smallest absolute Gasteiger partial charge is 0.159 e. The Morgan fingerprint density at radius 3 is 2.27 bits per heavy atom. The lowest BCUT2D eigenvalue weighted by atomic mass is 9.94. The van der Waals surface area contributed by atoms with E-state index in [1.165, 1.54) is 6.92 Å². The summed E-state index contributed by atoms with van der Waals surface area (Å²) < 4.78 is 0. The minimum absolute atomic E-state index is 0.0307. The number of hydrogen-bond donors (Lipinski definition) is 0. The zero-order valence-electron chi connectivity index (χ0n) is 9.06. The van der Waals surface area contributed by atoms with Gasteiger partial charge in [0.2, 0.25) is 0 Å². The summed E-state index contributed by atoms with van der Waals surface area (Å²) in [6.07, 6.45) is 0. The van der Waals surface area contributed by atoms with E-state index < -0.39 is 5.54 Å². The number of carbonyl (C=O) groups excluding carboxylic acids is 1. The van der Waals surface area contributed by atoms with Gasteiger partial charge in [0.15, 0.2) is 5.78 Å². The van der Waals surface area contributed by atoms with E-state index in [4.69, 9.17) is 5.53 Å². The summed E-state index contributed by atoms with van der Waals surface area (Å²) in [5.74, 6) is 0.0307. The van der Waals surface area contributed by atoms with Crippen LogP contribution in [0.5, 0.6) is 0 Å². The molecular formula is C11H13N3O. The van der Waals surface area contributed by atoms with E-state index in [0.717, 1.165) is 5.56 Å². The molecule has 0 radical (unpaired) electrons. The third kappa shape index (κ3) is 2.58. The fourth-order valence-corrected chi connectivity index (χ4v) is 1.28. The Morgan fingerprint density at radius 2 is 1.87 bits per heavy atom. The van der Waals surface area contributed by atoms with Crippen LogP contribution >= 0.6 is 0 Å². The summed E-state index contributed by atoms with van der Waals surface area (Å²) in [5.41, 5.74) is 9.39. The van der Waals surface area contributed by atoms with Crippen LogP contribution in [0.25, 0.3) is 10.4 Å². The van der Waals surface area contributed by atoms with Crippen LogP contribution in [0.4, 0.5) is 0 Å². The van der Waals surface area contributed by atoms with Gasteiger partial charge in [0.25, 0.3) is 0 Å². The van der Waals surface area contributed by atoms with Crippen molar-refractivity contribution in [2.24, 2.45) is 5.11 Å². The van der Waals surface area contributed by atoms with Crippen LogP contribution in [0, 0.1) is 0 Å². The van der Waals surface area contributed by atoms with Crippen LogP contribution < -0.4 is 0 Å². The SMILES string of the molecule is CC(=O)c1ccc(C(C)(C)N=[N+]=[N-])cc1. The highest BCUT2D eigenvalue weighted by atomic mass is 16.1. The molecule has 0 N–H and O–H groups in total. The summed E-state index contributed by atoms with van der Waals surface area (Å²) in [6.45, 7) is 5.18. The summed E-state index contributed by atoms with van der Waals surface area (Å²) in [7, 11) is 0. The van der Waals surface area contributed by atoms with Crippen molar-refractivity contribution in [3.63, 3.8) is 0 Å². The molecule has 78 valence electrons. The molecule has 0 atom stereocenters. The molecule has 0 spiro atoms. The second-order valence-corrected chi connectivity index (χ2v) is 3.88. The Balaban J connectivity index is 3.08. The van der Waals surface area contributed by atoms with Crippen molar-refractivity contribution in [1.29, 1.82) is 0 Å². The highest BCUT2D eigenvalue weighted by molar-refractivity contribution is 5.94. The molecule has 0 saturated carbocycles. The van der Waals surface area contributed by atoms with E-state index in [2.05, 4.69) is 10.0 Å². The van der Waals surface area contributed by atoms with Crippen LogP contribution in [-0.4, -0.2) is 5.78 Å². The largest absolute Gasteiger partial charge is 0.295 e. The summed E-state index contributed by atoms with van der Waals surface area (Å²) >= 11 is 0. The van der Waals surface area contributed by atoms with Gasteiger partial charge in [0.1, 0.15) is 0 Å². The maximum absolute atomic E-state index is 11.1. The molecule has 1 aromatic carbocycles. The van der Waals surface area contributed by atoms with Crippen molar-refractivity contribution in [2.45, 2.75) is 26.3 Å². The molecular weight excluding hydrogens is 190 g/mol. The van der Waals surface area contributed by atoms with Crippen LogP contribution in [-0.2, 0) is 5.54 Å². The number of nitrogens with zero attached hydrogens (tertiary/aromatic N) is 3. The normalized spacial score (nSPS) is 10.6. The number of carbonyl (C=O) groups is 1. The monoisotopic (exact) mass is 203 g/mol. The van der Waals surface area contributed by atoms with Gasteiger partial charge in [-0.1, -0.05) is 43.2 Å². The Labute approximate surface area is 88.6 Å². The van der Waals surface area contributed by atoms with Gasteiger partial charge in [-0.25, -0.2) is 0 Å². The van der Waals surface area contributed by atoms with Crippen molar-refractivity contribution in [1.82, 2.24) is 0 Å². The van der Waals surface area contributed by atoms with E-state index in [9.17, 15) is 4.79 Å². The molecule has 4 heteroatoms. The minimum Gasteiger partial charge on any atom is -0.295 e. The second-order valence-electron chi connectivity index (χ2n) is 3.88. The van der Waals surface area contributed by atoms with Gasteiger partial charge in [-0.15, -0.1) is 0 Å². The lowest BCUT2D eigenvalue weighted by Crippen LogP contribution is -2.12. The van der Waals surface area contributed by atoms with Gasteiger partial charge in [-0.2, -0.15) is 0 Å². The number of azide groups is 1. The molecule has 0 aliphatic heterocycles. The zero-order valence-corrected chi connectivity index (χ0v) is 9.06. The zero-order chi connectivity index (χ0) is 11.5. The Bertz CT molecular complexity index is 414. The molecule has 0 heterocycles. The Hall–Kier alpha value is -1.80. The maximum Gasteiger partial charge on any atom is 0.159 e. The first kappa shape index (κ1) is 11.3. The fourth-order valence-electron chi connectivity index (χ4n) is 1.28. The minimum atomic E-state index is -0.579. The summed E-state index contributed by atoms with van der Waals surface area (Å²) in [4.78, 5) is 13.8. The molecule has 0 saturated heterocycles. The standard InChI is InChI=1S/C11H13N3O/c1-8(15)9-4-6-10(7-5-9)11(2,3)13-14-12/h4-7H,1-3H3.